The molecule has 1 aliphatic carbocycles. The second-order valence-electron chi connectivity index (χ2n) is 21.0. The summed E-state index contributed by atoms with van der Waals surface area (Å²) in [5.74, 6) is -0.0871. The van der Waals surface area contributed by atoms with Gasteiger partial charge in [-0.25, -0.2) is 8.78 Å². The van der Waals surface area contributed by atoms with Gasteiger partial charge in [0, 0.05) is 63.4 Å². The van der Waals surface area contributed by atoms with Gasteiger partial charge in [0.2, 0.25) is 11.7 Å². The van der Waals surface area contributed by atoms with Gasteiger partial charge in [-0.1, -0.05) is 46.7 Å². The summed E-state index contributed by atoms with van der Waals surface area (Å²) in [5, 5.41) is 18.6. The molecule has 16 heteroatoms. The van der Waals surface area contributed by atoms with E-state index in [2.05, 4.69) is 34.6 Å². The molecule has 394 valence electrons. The standard InChI is InChI=1S/C35H34FN3O4.C25H28FN3O4/c1-35(2,3)42-31(40)11-7-6-10-29-21-25-20-24(12-17-30(25)34(41)39(29)28-15-13-27(36)14-16-28)32-37-33(43-38-32)26-18-22-8-4-5-9-23(22)19-26;1-25(2,3)33-22(30)7-5-4-6-20-15-17-14-16(23(27)28-32)8-13-21(17)24(31)29(20)19-11-9-18(26)10-12-19/h4-5,8-9,12-17,20-21,26H,6-7,10-11,18-19H2,1-3H3;8-15,32H,4-7H2,1-3H3,(H2,27,28). The van der Waals surface area contributed by atoms with E-state index in [0.717, 1.165) is 29.5 Å². The van der Waals surface area contributed by atoms with Gasteiger partial charge in [-0.15, -0.1) is 0 Å². The van der Waals surface area contributed by atoms with Crippen molar-refractivity contribution in [1.29, 1.82) is 0 Å². The highest BCUT2D eigenvalue weighted by molar-refractivity contribution is 6.00. The van der Waals surface area contributed by atoms with Gasteiger partial charge in [0.05, 0.1) is 0 Å². The molecule has 3 aromatic heterocycles. The minimum atomic E-state index is -0.532. The number of nitrogens with two attached hydrogens (primary N) is 1. The fourth-order valence-corrected chi connectivity index (χ4v) is 9.40. The SMILES string of the molecule is CC(C)(C)OC(=O)CCCCc1cc2cc(-c3noc(C4Cc5ccccc5C4)n3)ccc2c(=O)n1-c1ccc(F)cc1.CC(C)(C)OC(=O)CCCCc1cc2cc(/C(N)=N/O)ccc2c(=O)n1-c1ccc(F)cc1. The third-order valence-electron chi connectivity index (χ3n) is 12.8. The number of unbranched alkanes of at least 4 members (excludes halogenated alkanes) is 2. The summed E-state index contributed by atoms with van der Waals surface area (Å²) in [4.78, 5) is 56.1. The van der Waals surface area contributed by atoms with E-state index in [-0.39, 0.29) is 47.0 Å². The first-order chi connectivity index (χ1) is 36.2. The number of halogens is 2. The first-order valence-corrected chi connectivity index (χ1v) is 25.4. The molecule has 0 saturated heterocycles. The van der Waals surface area contributed by atoms with Crippen LogP contribution in [0.3, 0.4) is 0 Å². The third-order valence-corrected chi connectivity index (χ3v) is 12.8. The number of fused-ring (bicyclic) bond motifs is 3. The van der Waals surface area contributed by atoms with E-state index in [0.29, 0.717) is 95.5 Å². The molecule has 3 heterocycles. The number of rotatable bonds is 15. The molecule has 5 aromatic carbocycles. The topological polar surface area (TPSA) is 194 Å². The lowest BCUT2D eigenvalue weighted by atomic mass is 10.0. The summed E-state index contributed by atoms with van der Waals surface area (Å²) in [6.07, 6.45) is 5.89. The highest BCUT2D eigenvalue weighted by Gasteiger charge is 2.28. The molecule has 0 spiro atoms. The molecular formula is C60H62F2N6O8. The number of carbonyl (C=O) groups excluding carboxylic acids is 2. The summed E-state index contributed by atoms with van der Waals surface area (Å²) in [7, 11) is 0. The molecule has 0 bridgehead atoms. The van der Waals surface area contributed by atoms with E-state index in [9.17, 15) is 28.0 Å². The first-order valence-electron chi connectivity index (χ1n) is 25.4. The number of carbonyl (C=O) groups is 2. The molecule has 0 amide bonds. The number of oxime groups is 1. The number of benzene rings is 5. The fourth-order valence-electron chi connectivity index (χ4n) is 9.40. The monoisotopic (exact) mass is 1030 g/mol. The second kappa shape index (κ2) is 23.1. The number of aryl methyl sites for hydroxylation is 2. The number of pyridine rings is 2. The number of esters is 2. The highest BCUT2D eigenvalue weighted by atomic mass is 19.1. The summed E-state index contributed by atoms with van der Waals surface area (Å²) >= 11 is 0. The van der Waals surface area contributed by atoms with E-state index in [1.165, 1.54) is 35.4 Å². The van der Waals surface area contributed by atoms with Gasteiger partial charge < -0.3 is 24.9 Å². The van der Waals surface area contributed by atoms with Crippen molar-refractivity contribution in [2.24, 2.45) is 10.9 Å². The number of hydrogen-bond donors (Lipinski definition) is 2. The average Bonchev–Trinajstić information content (AvgIpc) is 4.05. The van der Waals surface area contributed by atoms with Crippen LogP contribution in [0.5, 0.6) is 0 Å². The minimum absolute atomic E-state index is 0.0569. The molecule has 1 aliphatic rings. The molecule has 14 nitrogen and oxygen atoms in total. The zero-order valence-electron chi connectivity index (χ0n) is 43.6. The van der Waals surface area contributed by atoms with Crippen molar-refractivity contribution in [3.63, 3.8) is 0 Å². The minimum Gasteiger partial charge on any atom is -0.460 e. The molecule has 8 aromatic rings. The molecule has 0 aliphatic heterocycles. The van der Waals surface area contributed by atoms with E-state index in [1.54, 1.807) is 57.7 Å². The molecule has 0 unspecified atom stereocenters. The lowest BCUT2D eigenvalue weighted by Crippen LogP contribution is -2.24. The Labute approximate surface area is 438 Å². The Hall–Kier alpha value is -8.27. The molecule has 0 atom stereocenters. The number of hydrogen-bond acceptors (Lipinski definition) is 11. The predicted octanol–water partition coefficient (Wildman–Crippen LogP) is 11.4. The zero-order valence-corrected chi connectivity index (χ0v) is 43.6. The largest absolute Gasteiger partial charge is 0.460 e. The Morgan fingerprint density at radius 2 is 1.14 bits per heavy atom. The van der Waals surface area contributed by atoms with Crippen molar-refractivity contribution >= 4 is 39.3 Å². The maximum Gasteiger partial charge on any atom is 0.306 e. The quantitative estimate of drug-likeness (QED) is 0.0248. The van der Waals surface area contributed by atoms with E-state index in [4.69, 9.17) is 29.9 Å². The molecule has 0 saturated carbocycles. The van der Waals surface area contributed by atoms with Crippen molar-refractivity contribution in [1.82, 2.24) is 19.3 Å². The number of nitrogens with zero attached hydrogens (tertiary/aromatic N) is 5. The Kier molecular flexibility index (Phi) is 16.4. The number of ether oxygens (including phenoxy) is 2. The van der Waals surface area contributed by atoms with Crippen molar-refractivity contribution < 1.29 is 37.6 Å². The summed E-state index contributed by atoms with van der Waals surface area (Å²) in [5.41, 5.74) is 10.7. The van der Waals surface area contributed by atoms with Crippen LogP contribution in [0.4, 0.5) is 8.78 Å². The molecular weight excluding hydrogens is 971 g/mol. The normalized spacial score (nSPS) is 12.9. The number of amidine groups is 1. The molecule has 76 heavy (non-hydrogen) atoms. The second-order valence-corrected chi connectivity index (χ2v) is 21.0. The van der Waals surface area contributed by atoms with E-state index < -0.39 is 17.0 Å². The van der Waals surface area contributed by atoms with E-state index in [1.807, 2.05) is 65.8 Å². The van der Waals surface area contributed by atoms with Crippen LogP contribution in [0, 0.1) is 11.6 Å². The smallest absolute Gasteiger partial charge is 0.306 e. The summed E-state index contributed by atoms with van der Waals surface area (Å²) in [6, 6.07) is 34.3. The highest BCUT2D eigenvalue weighted by Crippen LogP contribution is 2.34. The fraction of sp³-hybridized carbons (Fsp3) is 0.317. The lowest BCUT2D eigenvalue weighted by Gasteiger charge is -2.19. The van der Waals surface area contributed by atoms with Crippen LogP contribution in [0.15, 0.2) is 141 Å². The third kappa shape index (κ3) is 13.3. The molecule has 0 radical (unpaired) electrons. The van der Waals surface area contributed by atoms with Gasteiger partial charge in [0.15, 0.2) is 5.84 Å². The van der Waals surface area contributed by atoms with Crippen molar-refractivity contribution in [2.45, 2.75) is 123 Å². The van der Waals surface area contributed by atoms with Crippen molar-refractivity contribution in [2.75, 3.05) is 0 Å². The zero-order chi connectivity index (χ0) is 54.3. The van der Waals surface area contributed by atoms with Gasteiger partial charge in [-0.3, -0.25) is 28.3 Å². The Morgan fingerprint density at radius 3 is 1.62 bits per heavy atom. The van der Waals surface area contributed by atoms with Crippen LogP contribution in [0.25, 0.3) is 44.3 Å². The van der Waals surface area contributed by atoms with E-state index >= 15 is 0 Å². The summed E-state index contributed by atoms with van der Waals surface area (Å²) in [6.45, 7) is 11.0. The molecule has 3 N–H and O–H groups in total. The van der Waals surface area contributed by atoms with Crippen LogP contribution >= 0.6 is 0 Å². The van der Waals surface area contributed by atoms with Gasteiger partial charge in [0.1, 0.15) is 22.8 Å². The maximum atomic E-state index is 13.8. The lowest BCUT2D eigenvalue weighted by molar-refractivity contribution is -0.156. The summed E-state index contributed by atoms with van der Waals surface area (Å²) < 4.78 is 46.8. The molecule has 9 rings (SSSR count). The predicted molar refractivity (Wildman–Crippen MR) is 288 cm³/mol. The maximum absolute atomic E-state index is 13.8. The number of aromatic nitrogens is 4. The van der Waals surface area contributed by atoms with Gasteiger partial charge in [-0.2, -0.15) is 4.98 Å². The van der Waals surface area contributed by atoms with Gasteiger partial charge in [0.25, 0.3) is 11.1 Å². The average molecular weight is 1030 g/mol. The van der Waals surface area contributed by atoms with Crippen LogP contribution in [-0.4, -0.2) is 53.5 Å². The molecule has 0 fully saturated rings. The van der Waals surface area contributed by atoms with Crippen LogP contribution in [0.2, 0.25) is 0 Å². The van der Waals surface area contributed by atoms with Crippen molar-refractivity contribution in [3.8, 4) is 22.8 Å². The Morgan fingerprint density at radius 1 is 0.671 bits per heavy atom. The van der Waals surface area contributed by atoms with Crippen LogP contribution in [-0.2, 0) is 44.7 Å². The van der Waals surface area contributed by atoms with Gasteiger partial charge >= 0.3 is 11.9 Å². The Balaban J connectivity index is 0.000000209. The van der Waals surface area contributed by atoms with Crippen LogP contribution in [0.1, 0.15) is 120 Å². The first kappa shape index (κ1) is 54.0. The van der Waals surface area contributed by atoms with Crippen molar-refractivity contribution in [3.05, 3.63) is 188 Å². The Bertz CT molecular complexity index is 3530. The van der Waals surface area contributed by atoms with Gasteiger partial charge in [-0.05, 0) is 200 Å². The van der Waals surface area contributed by atoms with Crippen LogP contribution < -0.4 is 16.9 Å².